The molecule has 0 aromatic rings. The van der Waals surface area contributed by atoms with Crippen LogP contribution in [0.5, 0.6) is 0 Å². The Kier molecular flexibility index (Phi) is 6.19. The molecule has 0 aromatic carbocycles. The van der Waals surface area contributed by atoms with Gasteiger partial charge in [0, 0.05) is 6.54 Å². The zero-order chi connectivity index (χ0) is 16.3. The Morgan fingerprint density at radius 1 is 1.38 bits per heavy atom. The predicted octanol–water partition coefficient (Wildman–Crippen LogP) is 3.12. The van der Waals surface area contributed by atoms with Gasteiger partial charge in [-0.1, -0.05) is 20.8 Å². The summed E-state index contributed by atoms with van der Waals surface area (Å²) in [4.78, 5) is 11.9. The van der Waals surface area contributed by atoms with Crippen LogP contribution in [0.1, 0.15) is 27.2 Å². The smallest absolute Gasteiger partial charge is 0.407 e. The van der Waals surface area contributed by atoms with Crippen molar-refractivity contribution < 1.29 is 23.5 Å². The zero-order valence-electron chi connectivity index (χ0n) is 13.7. The minimum Gasteiger partial charge on any atom is -0.465 e. The molecule has 1 aliphatic rings. The van der Waals surface area contributed by atoms with Gasteiger partial charge < -0.3 is 19.2 Å². The van der Waals surface area contributed by atoms with Crippen molar-refractivity contribution in [2.75, 3.05) is 26.3 Å². The maximum absolute atomic E-state index is 13.8. The fourth-order valence-corrected chi connectivity index (χ4v) is 2.98. The third kappa shape index (κ3) is 5.23. The Hall–Kier alpha value is -0.663. The molecule has 0 aliphatic carbocycles. The molecule has 0 aromatic heterocycles. The van der Waals surface area contributed by atoms with E-state index >= 15 is 0 Å². The lowest BCUT2D eigenvalue weighted by atomic mass is 10.1. The van der Waals surface area contributed by atoms with Crippen LogP contribution in [-0.2, 0) is 9.16 Å². The number of piperidine rings is 1. The normalized spacial score (nSPS) is 24.2. The fourth-order valence-electron chi connectivity index (χ4n) is 1.96. The van der Waals surface area contributed by atoms with E-state index in [0.29, 0.717) is 26.2 Å². The summed E-state index contributed by atoms with van der Waals surface area (Å²) in [7, 11) is -1.79. The number of carboxylic acid groups (broad SMARTS) is 1. The maximum Gasteiger partial charge on any atom is 0.407 e. The van der Waals surface area contributed by atoms with Crippen LogP contribution >= 0.6 is 0 Å². The Balaban J connectivity index is 2.30. The molecule has 1 heterocycles. The second-order valence-electron chi connectivity index (χ2n) is 7.05. The summed E-state index contributed by atoms with van der Waals surface area (Å²) >= 11 is 0. The van der Waals surface area contributed by atoms with Crippen LogP contribution < -0.4 is 0 Å². The van der Waals surface area contributed by atoms with Crippen molar-refractivity contribution in [2.24, 2.45) is 0 Å². The molecule has 1 rings (SSSR count). The van der Waals surface area contributed by atoms with E-state index in [1.807, 2.05) is 0 Å². The Morgan fingerprint density at radius 2 is 2.00 bits per heavy atom. The van der Waals surface area contributed by atoms with Gasteiger partial charge in [-0.25, -0.2) is 9.18 Å². The molecule has 124 valence electrons. The number of hydrogen-bond acceptors (Lipinski definition) is 3. The molecule has 1 fully saturated rings. The van der Waals surface area contributed by atoms with Crippen LogP contribution in [0.25, 0.3) is 0 Å². The van der Waals surface area contributed by atoms with Crippen molar-refractivity contribution in [1.82, 2.24) is 4.90 Å². The summed E-state index contributed by atoms with van der Waals surface area (Å²) in [6.07, 6.45) is -2.46. The van der Waals surface area contributed by atoms with E-state index in [0.717, 1.165) is 4.90 Å². The monoisotopic (exact) mass is 321 g/mol. The number of likely N-dealkylation sites (tertiary alicyclic amines) is 1. The summed E-state index contributed by atoms with van der Waals surface area (Å²) in [5.74, 6) is 0. The molecule has 1 amide bonds. The van der Waals surface area contributed by atoms with Gasteiger partial charge in [0.05, 0.1) is 25.9 Å². The lowest BCUT2D eigenvalue weighted by Crippen LogP contribution is -2.48. The van der Waals surface area contributed by atoms with Gasteiger partial charge in [-0.05, 0) is 24.6 Å². The van der Waals surface area contributed by atoms with Crippen molar-refractivity contribution in [3.8, 4) is 0 Å². The van der Waals surface area contributed by atoms with Crippen molar-refractivity contribution in [1.29, 1.82) is 0 Å². The van der Waals surface area contributed by atoms with E-state index in [1.165, 1.54) is 0 Å². The van der Waals surface area contributed by atoms with E-state index in [4.69, 9.17) is 14.3 Å². The van der Waals surface area contributed by atoms with E-state index in [2.05, 4.69) is 33.9 Å². The molecule has 0 unspecified atom stereocenters. The summed E-state index contributed by atoms with van der Waals surface area (Å²) in [5.41, 5.74) is 0. The first-order chi connectivity index (χ1) is 9.54. The predicted molar refractivity (Wildman–Crippen MR) is 82.0 cm³/mol. The standard InChI is InChI=1S/C14H28FNO4Si/c1-14(2,3)21(4,5)20-9-8-19-12-6-7-16(13(17)18)10-11(12)15/h11-12H,6-10H2,1-5H3,(H,17,18)/t11-,12+/m0/s1. The topological polar surface area (TPSA) is 59.0 Å². The maximum atomic E-state index is 13.8. The van der Waals surface area contributed by atoms with Crippen LogP contribution in [0.2, 0.25) is 18.1 Å². The molecule has 1 saturated heterocycles. The fraction of sp³-hybridized carbons (Fsp3) is 0.929. The van der Waals surface area contributed by atoms with E-state index in [9.17, 15) is 9.18 Å². The van der Waals surface area contributed by atoms with Gasteiger partial charge in [-0.3, -0.25) is 0 Å². The lowest BCUT2D eigenvalue weighted by Gasteiger charge is -2.36. The van der Waals surface area contributed by atoms with Crippen molar-refractivity contribution in [2.45, 2.75) is 57.6 Å². The van der Waals surface area contributed by atoms with Crippen molar-refractivity contribution in [3.05, 3.63) is 0 Å². The van der Waals surface area contributed by atoms with Gasteiger partial charge in [-0.2, -0.15) is 0 Å². The molecule has 0 spiro atoms. The number of alkyl halides is 1. The average molecular weight is 321 g/mol. The first-order valence-corrected chi connectivity index (χ1v) is 10.3. The minimum absolute atomic E-state index is 0.108. The molecule has 0 bridgehead atoms. The van der Waals surface area contributed by atoms with E-state index in [-0.39, 0.29) is 11.6 Å². The summed E-state index contributed by atoms with van der Waals surface area (Å²) in [6.45, 7) is 11.9. The molecular formula is C14H28FNO4Si. The van der Waals surface area contributed by atoms with Crippen molar-refractivity contribution >= 4 is 14.4 Å². The molecular weight excluding hydrogens is 293 g/mol. The number of ether oxygens (including phenoxy) is 1. The number of carbonyl (C=O) groups is 1. The first kappa shape index (κ1) is 18.4. The highest BCUT2D eigenvalue weighted by Gasteiger charge is 2.37. The van der Waals surface area contributed by atoms with Crippen molar-refractivity contribution in [3.63, 3.8) is 0 Å². The molecule has 1 aliphatic heterocycles. The number of rotatable bonds is 5. The van der Waals surface area contributed by atoms with Gasteiger partial charge in [0.15, 0.2) is 8.32 Å². The Morgan fingerprint density at radius 3 is 2.48 bits per heavy atom. The number of amides is 1. The van der Waals surface area contributed by atoms with Crippen LogP contribution in [0.3, 0.4) is 0 Å². The SMILES string of the molecule is CC(C)(C)[Si](C)(C)OCCO[C@@H]1CCN(C(=O)O)C[C@@H]1F. The second kappa shape index (κ2) is 7.06. The molecule has 21 heavy (non-hydrogen) atoms. The Bertz CT molecular complexity index is 359. The van der Waals surface area contributed by atoms with Gasteiger partial charge in [0.1, 0.15) is 6.17 Å². The summed E-state index contributed by atoms with van der Waals surface area (Å²) < 4.78 is 25.3. The second-order valence-corrected chi connectivity index (χ2v) is 11.9. The number of halogens is 1. The first-order valence-electron chi connectivity index (χ1n) is 7.42. The highest BCUT2D eigenvalue weighted by Crippen LogP contribution is 2.36. The lowest BCUT2D eigenvalue weighted by molar-refractivity contribution is -0.0496. The van der Waals surface area contributed by atoms with Crippen LogP contribution in [0.4, 0.5) is 9.18 Å². The molecule has 7 heteroatoms. The molecule has 0 saturated carbocycles. The quantitative estimate of drug-likeness (QED) is 0.624. The highest BCUT2D eigenvalue weighted by molar-refractivity contribution is 6.74. The minimum atomic E-state index is -1.79. The van der Waals surface area contributed by atoms with E-state index in [1.54, 1.807) is 0 Å². The van der Waals surface area contributed by atoms with Gasteiger partial charge in [0.25, 0.3) is 0 Å². The van der Waals surface area contributed by atoms with Crippen LogP contribution in [0.15, 0.2) is 0 Å². The van der Waals surface area contributed by atoms with Gasteiger partial charge in [-0.15, -0.1) is 0 Å². The third-order valence-electron chi connectivity index (χ3n) is 4.44. The van der Waals surface area contributed by atoms with Crippen LogP contribution in [-0.4, -0.2) is 63.0 Å². The Labute approximate surface area is 127 Å². The largest absolute Gasteiger partial charge is 0.465 e. The third-order valence-corrected chi connectivity index (χ3v) is 8.97. The average Bonchev–Trinajstić information content (AvgIpc) is 2.34. The zero-order valence-corrected chi connectivity index (χ0v) is 14.7. The number of hydrogen-bond donors (Lipinski definition) is 1. The molecule has 2 atom stereocenters. The van der Waals surface area contributed by atoms with Gasteiger partial charge >= 0.3 is 6.09 Å². The summed E-state index contributed by atoms with van der Waals surface area (Å²) in [6, 6.07) is 0. The number of nitrogens with zero attached hydrogens (tertiary/aromatic N) is 1. The van der Waals surface area contributed by atoms with E-state index < -0.39 is 26.7 Å². The molecule has 5 nitrogen and oxygen atoms in total. The molecule has 0 radical (unpaired) electrons. The van der Waals surface area contributed by atoms with Crippen LogP contribution in [0, 0.1) is 0 Å². The summed E-state index contributed by atoms with van der Waals surface area (Å²) in [5, 5.41) is 8.97. The highest BCUT2D eigenvalue weighted by atomic mass is 28.4. The van der Waals surface area contributed by atoms with Gasteiger partial charge in [0.2, 0.25) is 0 Å². The molecule has 1 N–H and O–H groups in total.